The molecule has 150 valence electrons. The maximum Gasteiger partial charge on any atom is 0.122 e. The van der Waals surface area contributed by atoms with Crippen LogP contribution in [0.4, 0.5) is 0 Å². The Kier molecular flexibility index (Phi) is 10.7. The minimum Gasteiger partial charge on any atom is -0.494 e. The maximum atomic E-state index is 5.97. The molecule has 27 heavy (non-hydrogen) atoms. The molecule has 0 N–H and O–H groups in total. The Morgan fingerprint density at radius 3 is 2.26 bits per heavy atom. The Hall–Kier alpha value is -1.22. The van der Waals surface area contributed by atoms with Gasteiger partial charge in [-0.05, 0) is 60.7 Å². The fourth-order valence-corrected chi connectivity index (χ4v) is 3.71. The van der Waals surface area contributed by atoms with E-state index < -0.39 is 0 Å². The molecule has 0 saturated carbocycles. The highest BCUT2D eigenvalue weighted by Crippen LogP contribution is 2.30. The van der Waals surface area contributed by atoms with E-state index in [1.54, 1.807) is 0 Å². The number of hydrogen-bond acceptors (Lipinski definition) is 2. The molecule has 0 unspecified atom stereocenters. The van der Waals surface area contributed by atoms with Crippen molar-refractivity contribution in [3.8, 4) is 11.5 Å². The lowest BCUT2D eigenvalue weighted by Gasteiger charge is -2.13. The first-order valence-corrected chi connectivity index (χ1v) is 11.7. The number of benzene rings is 2. The van der Waals surface area contributed by atoms with E-state index in [4.69, 9.17) is 9.47 Å². The molecule has 0 bridgehead atoms. The normalized spacial score (nSPS) is 11.1. The molecule has 0 amide bonds. The summed E-state index contributed by atoms with van der Waals surface area (Å²) in [5.74, 6) is 1.98. The van der Waals surface area contributed by atoms with Crippen molar-refractivity contribution in [2.24, 2.45) is 0 Å². The quantitative estimate of drug-likeness (QED) is 0.222. The summed E-state index contributed by atoms with van der Waals surface area (Å²) < 4.78 is 11.9. The van der Waals surface area contributed by atoms with Gasteiger partial charge in [-0.2, -0.15) is 0 Å². The highest BCUT2D eigenvalue weighted by Gasteiger charge is 2.06. The van der Waals surface area contributed by atoms with Gasteiger partial charge in [-0.25, -0.2) is 0 Å². The van der Waals surface area contributed by atoms with Crippen molar-refractivity contribution >= 4 is 26.7 Å². The summed E-state index contributed by atoms with van der Waals surface area (Å²) in [6.45, 7) is 5.97. The van der Waals surface area contributed by atoms with Crippen molar-refractivity contribution in [2.75, 3.05) is 18.5 Å². The van der Waals surface area contributed by atoms with Crippen molar-refractivity contribution in [2.45, 2.75) is 71.6 Å². The number of fused-ring (bicyclic) bond motifs is 1. The Bertz CT molecular complexity index is 669. The summed E-state index contributed by atoms with van der Waals surface area (Å²) in [6.07, 6.45) is 11.2. The number of ether oxygens (including phenoxy) is 2. The van der Waals surface area contributed by atoms with Crippen LogP contribution in [0.25, 0.3) is 10.8 Å². The third kappa shape index (κ3) is 7.73. The number of rotatable bonds is 14. The minimum absolute atomic E-state index is 0.803. The van der Waals surface area contributed by atoms with E-state index in [9.17, 15) is 0 Å². The monoisotopic (exact) mass is 434 g/mol. The molecule has 0 aliphatic carbocycles. The van der Waals surface area contributed by atoms with Gasteiger partial charge in [-0.15, -0.1) is 0 Å². The summed E-state index contributed by atoms with van der Waals surface area (Å²) in [6, 6.07) is 10.7. The molecule has 2 rings (SSSR count). The second kappa shape index (κ2) is 13.0. The van der Waals surface area contributed by atoms with Crippen LogP contribution in [0.3, 0.4) is 0 Å². The first kappa shape index (κ1) is 22.1. The van der Waals surface area contributed by atoms with Crippen LogP contribution in [0, 0.1) is 6.92 Å². The largest absolute Gasteiger partial charge is 0.494 e. The van der Waals surface area contributed by atoms with E-state index >= 15 is 0 Å². The number of alkyl halides is 1. The van der Waals surface area contributed by atoms with Crippen LogP contribution in [0.1, 0.15) is 70.3 Å². The number of hydrogen-bond donors (Lipinski definition) is 0. The molecule has 2 aromatic rings. The lowest BCUT2D eigenvalue weighted by atomic mass is 10.0. The zero-order valence-electron chi connectivity index (χ0n) is 17.1. The van der Waals surface area contributed by atoms with E-state index in [1.807, 2.05) is 0 Å². The van der Waals surface area contributed by atoms with E-state index in [0.29, 0.717) is 0 Å². The van der Waals surface area contributed by atoms with Gasteiger partial charge >= 0.3 is 0 Å². The molecule has 0 radical (unpaired) electrons. The van der Waals surface area contributed by atoms with Crippen LogP contribution < -0.4 is 9.47 Å². The first-order valence-electron chi connectivity index (χ1n) is 10.6. The molecule has 0 spiro atoms. The highest BCUT2D eigenvalue weighted by molar-refractivity contribution is 9.09. The summed E-state index contributed by atoms with van der Waals surface area (Å²) in [5, 5.41) is 3.60. The van der Waals surface area contributed by atoms with Gasteiger partial charge < -0.3 is 9.47 Å². The molecule has 0 aromatic heterocycles. The Morgan fingerprint density at radius 1 is 0.778 bits per heavy atom. The van der Waals surface area contributed by atoms with E-state index in [0.717, 1.165) is 42.9 Å². The topological polar surface area (TPSA) is 18.5 Å². The van der Waals surface area contributed by atoms with E-state index in [2.05, 4.69) is 60.1 Å². The second-order valence-electron chi connectivity index (χ2n) is 7.29. The molecular formula is C24H35BrO2. The van der Waals surface area contributed by atoms with Gasteiger partial charge in [0.15, 0.2) is 0 Å². The average Bonchev–Trinajstić information content (AvgIpc) is 2.69. The first-order chi connectivity index (χ1) is 13.3. The Morgan fingerprint density at radius 2 is 1.48 bits per heavy atom. The predicted molar refractivity (Wildman–Crippen MR) is 121 cm³/mol. The molecule has 0 aliphatic heterocycles. The molecule has 0 heterocycles. The lowest BCUT2D eigenvalue weighted by molar-refractivity contribution is 0.304. The summed E-state index contributed by atoms with van der Waals surface area (Å²) in [5.41, 5.74) is 1.22. The van der Waals surface area contributed by atoms with Crippen LogP contribution in [-0.2, 0) is 0 Å². The number of aryl methyl sites for hydroxylation is 1. The average molecular weight is 435 g/mol. The van der Waals surface area contributed by atoms with Gasteiger partial charge in [-0.1, -0.05) is 73.5 Å². The van der Waals surface area contributed by atoms with Crippen LogP contribution in [0.2, 0.25) is 0 Å². The van der Waals surface area contributed by atoms with Crippen LogP contribution in [-0.4, -0.2) is 18.5 Å². The van der Waals surface area contributed by atoms with Crippen molar-refractivity contribution in [1.82, 2.24) is 0 Å². The van der Waals surface area contributed by atoms with Gasteiger partial charge in [0.25, 0.3) is 0 Å². The summed E-state index contributed by atoms with van der Waals surface area (Å²) >= 11 is 3.48. The van der Waals surface area contributed by atoms with Crippen molar-refractivity contribution in [3.05, 3.63) is 35.9 Å². The van der Waals surface area contributed by atoms with Gasteiger partial charge in [0.05, 0.1) is 13.2 Å². The minimum atomic E-state index is 0.803. The molecule has 2 nitrogen and oxygen atoms in total. The Labute approximate surface area is 173 Å². The van der Waals surface area contributed by atoms with Crippen molar-refractivity contribution in [1.29, 1.82) is 0 Å². The Balaban J connectivity index is 1.81. The van der Waals surface area contributed by atoms with Gasteiger partial charge in [0.2, 0.25) is 0 Å². The second-order valence-corrected chi connectivity index (χ2v) is 8.08. The standard InChI is InChI=1S/C24H35BrO2/c1-3-4-10-18-27-24-15-12-21-19-22(13-14-23(21)20(24)2)26-17-11-8-6-5-7-9-16-25/h12-15,19H,3-11,16-18H2,1-2H3. The van der Waals surface area contributed by atoms with Crippen LogP contribution >= 0.6 is 15.9 Å². The third-order valence-corrected chi connectivity index (χ3v) is 5.57. The third-order valence-electron chi connectivity index (χ3n) is 5.01. The number of halogens is 1. The smallest absolute Gasteiger partial charge is 0.122 e. The van der Waals surface area contributed by atoms with Gasteiger partial charge in [-0.3, -0.25) is 0 Å². The van der Waals surface area contributed by atoms with Gasteiger partial charge in [0.1, 0.15) is 11.5 Å². The van der Waals surface area contributed by atoms with Crippen molar-refractivity contribution in [3.63, 3.8) is 0 Å². The molecule has 0 atom stereocenters. The zero-order valence-corrected chi connectivity index (χ0v) is 18.7. The molecule has 0 saturated heterocycles. The predicted octanol–water partition coefficient (Wildman–Crippen LogP) is 7.83. The van der Waals surface area contributed by atoms with Crippen molar-refractivity contribution < 1.29 is 9.47 Å². The van der Waals surface area contributed by atoms with Crippen LogP contribution in [0.5, 0.6) is 11.5 Å². The maximum absolute atomic E-state index is 5.97. The highest BCUT2D eigenvalue weighted by atomic mass is 79.9. The summed E-state index contributed by atoms with van der Waals surface area (Å²) in [7, 11) is 0. The molecular weight excluding hydrogens is 400 g/mol. The lowest BCUT2D eigenvalue weighted by Crippen LogP contribution is -1.99. The molecule has 0 aliphatic rings. The van der Waals surface area contributed by atoms with E-state index in [-0.39, 0.29) is 0 Å². The van der Waals surface area contributed by atoms with E-state index in [1.165, 1.54) is 61.3 Å². The fraction of sp³-hybridized carbons (Fsp3) is 0.583. The SMILES string of the molecule is CCCCCOc1ccc2cc(OCCCCCCCCBr)ccc2c1C. The van der Waals surface area contributed by atoms with Crippen LogP contribution in [0.15, 0.2) is 30.3 Å². The fourth-order valence-electron chi connectivity index (χ4n) is 3.32. The zero-order chi connectivity index (χ0) is 19.3. The molecule has 2 aromatic carbocycles. The summed E-state index contributed by atoms with van der Waals surface area (Å²) in [4.78, 5) is 0. The molecule has 0 fully saturated rings. The van der Waals surface area contributed by atoms with Gasteiger partial charge in [0, 0.05) is 5.33 Å². The molecule has 3 heteroatoms. The number of unbranched alkanes of at least 4 members (excludes halogenated alkanes) is 7.